The third-order valence-corrected chi connectivity index (χ3v) is 7.35. The molecule has 3 aromatic carbocycles. The van der Waals surface area contributed by atoms with Crippen LogP contribution in [0.25, 0.3) is 5.69 Å². The second-order valence-electron chi connectivity index (χ2n) is 8.26. The van der Waals surface area contributed by atoms with Gasteiger partial charge in [0.15, 0.2) is 0 Å². The first kappa shape index (κ1) is 23.3. The number of ketones is 1. The molecule has 0 fully saturated rings. The van der Waals surface area contributed by atoms with Gasteiger partial charge in [-0.15, -0.1) is 0 Å². The Morgan fingerprint density at radius 1 is 0.806 bits per heavy atom. The number of fused-ring (bicyclic) bond motifs is 1. The lowest BCUT2D eigenvalue weighted by atomic mass is 9.92. The Morgan fingerprint density at radius 2 is 1.39 bits per heavy atom. The third-order valence-electron chi connectivity index (χ3n) is 6.05. The molecule has 0 radical (unpaired) electrons. The van der Waals surface area contributed by atoms with Crippen molar-refractivity contribution in [2.45, 2.75) is 11.8 Å². The summed E-state index contributed by atoms with van der Waals surface area (Å²) in [7, 11) is -2.29. The zero-order valence-electron chi connectivity index (χ0n) is 19.5. The number of hydrogen-bond acceptors (Lipinski definition) is 5. The largest absolute Gasteiger partial charge is 0.346 e. The summed E-state index contributed by atoms with van der Waals surface area (Å²) in [6, 6.07) is 23.7. The molecule has 0 bridgehead atoms. The van der Waals surface area contributed by atoms with Gasteiger partial charge in [-0.2, -0.15) is 12.8 Å². The third kappa shape index (κ3) is 3.99. The molecule has 0 saturated heterocycles. The minimum atomic E-state index is -4.04. The topological polar surface area (TPSA) is 103 Å². The standard InChI is InChI=1S/C27H22N4O4S/c1-18-25(27(33)31(30(18)2)19-11-5-3-6-12-19)28-24-17-23(21-15-9-10-16-22(21)26(24)32)29-36(34,35)20-13-7-4-8-14-20/h3-17,28H,1-2H3/b29-23-. The van der Waals surface area contributed by atoms with Gasteiger partial charge in [0, 0.05) is 18.2 Å². The summed E-state index contributed by atoms with van der Waals surface area (Å²) in [6.07, 6.45) is 1.38. The Bertz CT molecular complexity index is 1710. The molecule has 8 nitrogen and oxygen atoms in total. The van der Waals surface area contributed by atoms with Crippen molar-refractivity contribution in [1.29, 1.82) is 0 Å². The average molecular weight is 499 g/mol. The summed E-state index contributed by atoms with van der Waals surface area (Å²) in [4.78, 5) is 26.7. The highest BCUT2D eigenvalue weighted by Gasteiger charge is 2.28. The van der Waals surface area contributed by atoms with Crippen LogP contribution in [0.15, 0.2) is 111 Å². The molecule has 1 heterocycles. The summed E-state index contributed by atoms with van der Waals surface area (Å²) in [6.45, 7) is 1.76. The van der Waals surface area contributed by atoms with Crippen LogP contribution >= 0.6 is 0 Å². The highest BCUT2D eigenvalue weighted by Crippen LogP contribution is 2.25. The number of para-hydroxylation sites is 1. The van der Waals surface area contributed by atoms with E-state index in [0.29, 0.717) is 22.5 Å². The van der Waals surface area contributed by atoms with Crippen molar-refractivity contribution in [3.05, 3.63) is 124 Å². The van der Waals surface area contributed by atoms with Crippen LogP contribution < -0.4 is 10.9 Å². The molecule has 1 aliphatic rings. The van der Waals surface area contributed by atoms with E-state index in [1.54, 1.807) is 61.1 Å². The number of benzene rings is 3. The quantitative estimate of drug-likeness (QED) is 0.450. The first-order chi connectivity index (χ1) is 17.3. The van der Waals surface area contributed by atoms with Crippen molar-refractivity contribution in [1.82, 2.24) is 9.36 Å². The molecule has 1 N–H and O–H groups in total. The molecule has 0 amide bonds. The lowest BCUT2D eigenvalue weighted by Crippen LogP contribution is -2.25. The number of nitrogens with one attached hydrogen (secondary N) is 1. The fraction of sp³-hybridized carbons (Fsp3) is 0.0741. The minimum absolute atomic E-state index is 0.0411. The average Bonchev–Trinajstić information content (AvgIpc) is 3.10. The number of carbonyl (C=O) groups excluding carboxylic acids is 1. The van der Waals surface area contributed by atoms with Crippen LogP contribution in [0.1, 0.15) is 21.6 Å². The number of anilines is 1. The van der Waals surface area contributed by atoms with Crippen LogP contribution in [-0.2, 0) is 17.1 Å². The molecule has 0 atom stereocenters. The van der Waals surface area contributed by atoms with Gasteiger partial charge in [0.25, 0.3) is 15.6 Å². The molecule has 5 rings (SSSR count). The SMILES string of the molecule is Cc1c(NC2=C/C(=N/S(=O)(=O)c3ccccc3)c3ccccc3C2=O)c(=O)n(-c2ccccc2)n1C. The van der Waals surface area contributed by atoms with E-state index < -0.39 is 10.0 Å². The van der Waals surface area contributed by atoms with Crippen LogP contribution in [0, 0.1) is 6.92 Å². The lowest BCUT2D eigenvalue weighted by Gasteiger charge is -2.18. The van der Waals surface area contributed by atoms with Crippen LogP contribution in [0.3, 0.4) is 0 Å². The number of aromatic nitrogens is 2. The zero-order valence-corrected chi connectivity index (χ0v) is 20.4. The molecule has 0 spiro atoms. The number of sulfonamides is 1. The second kappa shape index (κ2) is 8.94. The maximum absolute atomic E-state index is 13.3. The van der Waals surface area contributed by atoms with Gasteiger partial charge in [0.1, 0.15) is 5.69 Å². The normalized spacial score (nSPS) is 14.4. The van der Waals surface area contributed by atoms with Crippen molar-refractivity contribution in [2.75, 3.05) is 5.32 Å². The van der Waals surface area contributed by atoms with E-state index in [0.717, 1.165) is 0 Å². The van der Waals surface area contributed by atoms with E-state index in [9.17, 15) is 18.0 Å². The van der Waals surface area contributed by atoms with Crippen molar-refractivity contribution >= 4 is 27.2 Å². The van der Waals surface area contributed by atoms with E-state index in [1.807, 2.05) is 30.3 Å². The number of carbonyl (C=O) groups is 1. The highest BCUT2D eigenvalue weighted by atomic mass is 32.2. The van der Waals surface area contributed by atoms with Crippen molar-refractivity contribution < 1.29 is 13.2 Å². The molecule has 0 aliphatic heterocycles. The molecule has 36 heavy (non-hydrogen) atoms. The van der Waals surface area contributed by atoms with Gasteiger partial charge >= 0.3 is 0 Å². The smallest absolute Gasteiger partial charge is 0.295 e. The molecule has 0 unspecified atom stereocenters. The fourth-order valence-corrected chi connectivity index (χ4v) is 5.14. The molecule has 4 aromatic rings. The molecule has 9 heteroatoms. The number of nitrogens with zero attached hydrogens (tertiary/aromatic N) is 3. The van der Waals surface area contributed by atoms with Gasteiger partial charge in [-0.05, 0) is 37.3 Å². The molecule has 0 saturated carbocycles. The summed E-state index contributed by atoms with van der Waals surface area (Å²) in [5.41, 5.74) is 2.00. The van der Waals surface area contributed by atoms with Crippen LogP contribution in [0.4, 0.5) is 5.69 Å². The molecular formula is C27H22N4O4S. The summed E-state index contributed by atoms with van der Waals surface area (Å²) < 4.78 is 33.2. The Hall–Kier alpha value is -4.50. The number of rotatable bonds is 5. The summed E-state index contributed by atoms with van der Waals surface area (Å²) in [5, 5.41) is 2.98. The van der Waals surface area contributed by atoms with Crippen LogP contribution in [0.5, 0.6) is 0 Å². The lowest BCUT2D eigenvalue weighted by molar-refractivity contribution is 0.103. The van der Waals surface area contributed by atoms with Crippen molar-refractivity contribution in [3.8, 4) is 5.69 Å². The predicted octanol–water partition coefficient (Wildman–Crippen LogP) is 3.85. The molecular weight excluding hydrogens is 476 g/mol. The predicted molar refractivity (Wildman–Crippen MR) is 138 cm³/mol. The van der Waals surface area contributed by atoms with Gasteiger partial charge in [0.2, 0.25) is 5.78 Å². The van der Waals surface area contributed by atoms with E-state index >= 15 is 0 Å². The molecule has 1 aromatic heterocycles. The maximum Gasteiger partial charge on any atom is 0.295 e. The number of Topliss-reactive ketones (excluding diaryl/α,β-unsaturated/α-hetero) is 1. The fourth-order valence-electron chi connectivity index (χ4n) is 4.12. The monoisotopic (exact) mass is 498 g/mol. The van der Waals surface area contributed by atoms with E-state index in [2.05, 4.69) is 9.71 Å². The first-order valence-corrected chi connectivity index (χ1v) is 12.6. The van der Waals surface area contributed by atoms with Crippen molar-refractivity contribution in [2.24, 2.45) is 11.4 Å². The van der Waals surface area contributed by atoms with Gasteiger partial charge in [-0.3, -0.25) is 14.3 Å². The maximum atomic E-state index is 13.3. The van der Waals surface area contributed by atoms with E-state index in [-0.39, 0.29) is 33.3 Å². The van der Waals surface area contributed by atoms with E-state index in [4.69, 9.17) is 0 Å². The summed E-state index contributed by atoms with van der Waals surface area (Å²) >= 11 is 0. The highest BCUT2D eigenvalue weighted by molar-refractivity contribution is 7.90. The Kier molecular flexibility index (Phi) is 5.77. The zero-order chi connectivity index (χ0) is 25.4. The van der Waals surface area contributed by atoms with E-state index in [1.165, 1.54) is 22.9 Å². The van der Waals surface area contributed by atoms with Crippen LogP contribution in [-0.4, -0.2) is 29.3 Å². The Balaban J connectivity index is 1.63. The van der Waals surface area contributed by atoms with Gasteiger partial charge in [-0.25, -0.2) is 4.68 Å². The molecule has 1 aliphatic carbocycles. The first-order valence-electron chi connectivity index (χ1n) is 11.1. The number of hydrogen-bond donors (Lipinski definition) is 1. The van der Waals surface area contributed by atoms with Crippen LogP contribution in [0.2, 0.25) is 0 Å². The van der Waals surface area contributed by atoms with Gasteiger partial charge < -0.3 is 5.32 Å². The Labute approximate surface area is 207 Å². The number of allylic oxidation sites excluding steroid dienone is 2. The van der Waals surface area contributed by atoms with Crippen molar-refractivity contribution in [3.63, 3.8) is 0 Å². The minimum Gasteiger partial charge on any atom is -0.346 e. The summed E-state index contributed by atoms with van der Waals surface area (Å²) in [5.74, 6) is -0.365. The molecule has 180 valence electrons. The van der Waals surface area contributed by atoms with Gasteiger partial charge in [-0.1, -0.05) is 60.7 Å². The van der Waals surface area contributed by atoms with Gasteiger partial charge in [0.05, 0.1) is 27.7 Å². The second-order valence-corrected chi connectivity index (χ2v) is 9.86. The Morgan fingerprint density at radius 3 is 2.06 bits per heavy atom.